The van der Waals surface area contributed by atoms with Crippen molar-refractivity contribution in [2.24, 2.45) is 0 Å². The van der Waals surface area contributed by atoms with E-state index in [0.717, 1.165) is 30.6 Å². The molecule has 2 aliphatic rings. The molecule has 6 heteroatoms. The number of carbonyl (C=O) groups excluding carboxylic acids is 3. The van der Waals surface area contributed by atoms with Gasteiger partial charge in [-0.1, -0.05) is 23.7 Å². The number of hydrogen-bond donors (Lipinski definition) is 0. The summed E-state index contributed by atoms with van der Waals surface area (Å²) in [6.07, 6.45) is 3.79. The summed E-state index contributed by atoms with van der Waals surface area (Å²) < 4.78 is 5.48. The molecule has 0 aromatic heterocycles. The molecule has 0 radical (unpaired) electrons. The average molecular weight is 370 g/mol. The number of nitrogens with zero attached hydrogens (tertiary/aromatic N) is 1. The number of anilines is 1. The van der Waals surface area contributed by atoms with Crippen LogP contribution in [0.3, 0.4) is 0 Å². The maximum atomic E-state index is 12.8. The molecule has 2 aromatic rings. The van der Waals surface area contributed by atoms with Gasteiger partial charge < -0.3 is 4.74 Å². The molecule has 0 atom stereocenters. The number of amides is 2. The fraction of sp³-hybridized carbons (Fsp3) is 0.250. The molecule has 5 nitrogen and oxygen atoms in total. The number of para-hydroxylation sites is 1. The van der Waals surface area contributed by atoms with E-state index in [1.54, 1.807) is 24.3 Å². The standard InChI is InChI=1S/C20H16ClNO4/c21-16-7-3-4-8-17(16)22-18(23)14-10-9-12(11-15(14)19(22)24)20(25)26-13-5-1-2-6-13/h3-4,7-11,13H,1-2,5-6H2. The number of benzene rings is 2. The van der Waals surface area contributed by atoms with E-state index in [-0.39, 0.29) is 22.8 Å². The second-order valence-electron chi connectivity index (χ2n) is 6.47. The monoisotopic (exact) mass is 369 g/mol. The van der Waals surface area contributed by atoms with Gasteiger partial charge in [-0.15, -0.1) is 0 Å². The maximum absolute atomic E-state index is 12.8. The molecule has 1 aliphatic heterocycles. The van der Waals surface area contributed by atoms with Crippen LogP contribution in [0.15, 0.2) is 42.5 Å². The predicted octanol–water partition coefficient (Wildman–Crippen LogP) is 4.24. The first-order chi connectivity index (χ1) is 12.6. The summed E-state index contributed by atoms with van der Waals surface area (Å²) in [5.74, 6) is -1.40. The van der Waals surface area contributed by atoms with Crippen molar-refractivity contribution < 1.29 is 19.1 Å². The van der Waals surface area contributed by atoms with E-state index in [2.05, 4.69) is 0 Å². The number of rotatable bonds is 3. The highest BCUT2D eigenvalue weighted by molar-refractivity contribution is 6.39. The van der Waals surface area contributed by atoms with Crippen molar-refractivity contribution in [2.75, 3.05) is 4.90 Å². The molecule has 0 N–H and O–H groups in total. The summed E-state index contributed by atoms with van der Waals surface area (Å²) in [7, 11) is 0. The molecule has 1 heterocycles. The minimum atomic E-state index is -0.492. The van der Waals surface area contributed by atoms with Crippen LogP contribution < -0.4 is 4.90 Å². The van der Waals surface area contributed by atoms with Gasteiger partial charge in [0.15, 0.2) is 0 Å². The summed E-state index contributed by atoms with van der Waals surface area (Å²) in [6.45, 7) is 0. The van der Waals surface area contributed by atoms with Gasteiger partial charge in [0.1, 0.15) is 6.10 Å². The second kappa shape index (κ2) is 6.57. The van der Waals surface area contributed by atoms with Crippen LogP contribution in [0.2, 0.25) is 5.02 Å². The van der Waals surface area contributed by atoms with Crippen molar-refractivity contribution >= 4 is 35.1 Å². The Morgan fingerprint density at radius 3 is 2.42 bits per heavy atom. The zero-order valence-electron chi connectivity index (χ0n) is 13.9. The van der Waals surface area contributed by atoms with Crippen LogP contribution >= 0.6 is 11.6 Å². The normalized spacial score (nSPS) is 16.9. The van der Waals surface area contributed by atoms with Crippen LogP contribution in [0.1, 0.15) is 56.8 Å². The van der Waals surface area contributed by atoms with Gasteiger partial charge in [0.25, 0.3) is 11.8 Å². The van der Waals surface area contributed by atoms with Gasteiger partial charge in [-0.05, 0) is 56.0 Å². The highest BCUT2D eigenvalue weighted by atomic mass is 35.5. The van der Waals surface area contributed by atoms with Gasteiger partial charge in [-0.25, -0.2) is 9.69 Å². The Kier molecular flexibility index (Phi) is 4.24. The average Bonchev–Trinajstić information content (AvgIpc) is 3.23. The van der Waals surface area contributed by atoms with Crippen LogP contribution in [0, 0.1) is 0 Å². The van der Waals surface area contributed by atoms with E-state index in [9.17, 15) is 14.4 Å². The highest BCUT2D eigenvalue weighted by Crippen LogP contribution is 2.33. The van der Waals surface area contributed by atoms with E-state index in [0.29, 0.717) is 10.7 Å². The van der Waals surface area contributed by atoms with E-state index in [4.69, 9.17) is 16.3 Å². The fourth-order valence-corrected chi connectivity index (χ4v) is 3.67. The predicted molar refractivity (Wildman–Crippen MR) is 96.7 cm³/mol. The summed E-state index contributed by atoms with van der Waals surface area (Å²) >= 11 is 6.13. The molecule has 2 amide bonds. The van der Waals surface area contributed by atoms with Crippen LogP contribution in [0.25, 0.3) is 0 Å². The summed E-state index contributed by atoms with van der Waals surface area (Å²) in [6, 6.07) is 11.1. The molecule has 1 fully saturated rings. The smallest absolute Gasteiger partial charge is 0.338 e. The molecule has 0 unspecified atom stereocenters. The number of hydrogen-bond acceptors (Lipinski definition) is 4. The minimum absolute atomic E-state index is 0.0623. The lowest BCUT2D eigenvalue weighted by Gasteiger charge is -2.15. The molecular formula is C20H16ClNO4. The SMILES string of the molecule is O=C(OC1CCCC1)c1ccc2c(c1)C(=O)N(c1ccccc1Cl)C2=O. The Bertz CT molecular complexity index is 918. The first kappa shape index (κ1) is 16.8. The molecule has 1 saturated carbocycles. The van der Waals surface area contributed by atoms with Crippen LogP contribution in [0.5, 0.6) is 0 Å². The lowest BCUT2D eigenvalue weighted by atomic mass is 10.1. The molecule has 0 bridgehead atoms. The largest absolute Gasteiger partial charge is 0.459 e. The van der Waals surface area contributed by atoms with Gasteiger partial charge in [-0.2, -0.15) is 0 Å². The first-order valence-corrected chi connectivity index (χ1v) is 8.92. The molecule has 132 valence electrons. The zero-order chi connectivity index (χ0) is 18.3. The molecule has 4 rings (SSSR count). The Morgan fingerprint density at radius 1 is 1.00 bits per heavy atom. The summed E-state index contributed by atoms with van der Waals surface area (Å²) in [5.41, 5.74) is 1.05. The van der Waals surface area contributed by atoms with Gasteiger partial charge in [0, 0.05) is 0 Å². The maximum Gasteiger partial charge on any atom is 0.338 e. The van der Waals surface area contributed by atoms with E-state index < -0.39 is 17.8 Å². The number of esters is 1. The van der Waals surface area contributed by atoms with Crippen LogP contribution in [0.4, 0.5) is 5.69 Å². The van der Waals surface area contributed by atoms with E-state index in [1.165, 1.54) is 18.2 Å². The summed E-state index contributed by atoms with van der Waals surface area (Å²) in [5, 5.41) is 0.308. The third-order valence-electron chi connectivity index (χ3n) is 4.79. The number of imide groups is 1. The molecule has 26 heavy (non-hydrogen) atoms. The summed E-state index contributed by atoms with van der Waals surface area (Å²) in [4.78, 5) is 38.8. The van der Waals surface area contributed by atoms with Crippen LogP contribution in [-0.2, 0) is 4.74 Å². The van der Waals surface area contributed by atoms with Crippen molar-refractivity contribution in [3.8, 4) is 0 Å². The Balaban J connectivity index is 1.64. The molecule has 1 aliphatic carbocycles. The molecule has 2 aromatic carbocycles. The lowest BCUT2D eigenvalue weighted by molar-refractivity contribution is 0.0317. The Morgan fingerprint density at radius 2 is 1.69 bits per heavy atom. The Hall–Kier alpha value is -2.66. The highest BCUT2D eigenvalue weighted by Gasteiger charge is 2.38. The third-order valence-corrected chi connectivity index (χ3v) is 5.11. The minimum Gasteiger partial charge on any atom is -0.459 e. The second-order valence-corrected chi connectivity index (χ2v) is 6.88. The van der Waals surface area contributed by atoms with Crippen molar-refractivity contribution in [1.29, 1.82) is 0 Å². The number of halogens is 1. The van der Waals surface area contributed by atoms with Gasteiger partial charge in [0.05, 0.1) is 27.4 Å². The van der Waals surface area contributed by atoms with Gasteiger partial charge in [-0.3, -0.25) is 9.59 Å². The topological polar surface area (TPSA) is 63.7 Å². The van der Waals surface area contributed by atoms with E-state index in [1.807, 2.05) is 0 Å². The molecule has 0 spiro atoms. The van der Waals surface area contributed by atoms with Crippen molar-refractivity contribution in [3.05, 3.63) is 64.2 Å². The third kappa shape index (κ3) is 2.78. The quantitative estimate of drug-likeness (QED) is 0.599. The van der Waals surface area contributed by atoms with E-state index >= 15 is 0 Å². The first-order valence-electron chi connectivity index (χ1n) is 8.54. The van der Waals surface area contributed by atoms with Crippen molar-refractivity contribution in [3.63, 3.8) is 0 Å². The fourth-order valence-electron chi connectivity index (χ4n) is 3.45. The molecule has 0 saturated heterocycles. The van der Waals surface area contributed by atoms with Gasteiger partial charge in [0.2, 0.25) is 0 Å². The number of carbonyl (C=O) groups is 3. The van der Waals surface area contributed by atoms with Gasteiger partial charge >= 0.3 is 5.97 Å². The number of ether oxygens (including phenoxy) is 1. The molecular weight excluding hydrogens is 354 g/mol. The van der Waals surface area contributed by atoms with Crippen molar-refractivity contribution in [1.82, 2.24) is 0 Å². The zero-order valence-corrected chi connectivity index (χ0v) is 14.7. The van der Waals surface area contributed by atoms with Crippen molar-refractivity contribution in [2.45, 2.75) is 31.8 Å². The Labute approximate surface area is 155 Å². The number of fused-ring (bicyclic) bond motifs is 1. The van der Waals surface area contributed by atoms with Crippen LogP contribution in [-0.4, -0.2) is 23.9 Å². The lowest BCUT2D eigenvalue weighted by Crippen LogP contribution is -2.29.